The molecule has 222 valence electrons. The van der Waals surface area contributed by atoms with E-state index in [1.807, 2.05) is 114 Å². The van der Waals surface area contributed by atoms with Crippen molar-refractivity contribution in [3.63, 3.8) is 0 Å². The van der Waals surface area contributed by atoms with Crippen LogP contribution in [0, 0.1) is 3.57 Å². The van der Waals surface area contributed by atoms with Gasteiger partial charge in [-0.1, -0.05) is 115 Å². The summed E-state index contributed by atoms with van der Waals surface area (Å²) in [6.45, 7) is 0. The molecule has 0 aliphatic rings. The molecule has 45 heavy (non-hydrogen) atoms. The number of benzene rings is 5. The highest BCUT2D eigenvalue weighted by Gasteiger charge is 2.13. The molecule has 0 fully saturated rings. The average Bonchev–Trinajstić information content (AvgIpc) is 3.58. The van der Waals surface area contributed by atoms with E-state index in [1.54, 1.807) is 0 Å². The van der Waals surface area contributed by atoms with Crippen LogP contribution >= 0.6 is 22.6 Å². The van der Waals surface area contributed by atoms with Gasteiger partial charge in [0.1, 0.15) is 6.10 Å². The van der Waals surface area contributed by atoms with Crippen LogP contribution in [0.25, 0.3) is 46.1 Å². The number of aromatic nitrogens is 4. The Kier molecular flexibility index (Phi) is 9.33. The molecule has 0 amide bonds. The number of hydrogen-bond donors (Lipinski definition) is 1. The lowest BCUT2D eigenvalue weighted by atomic mass is 10.00. The van der Waals surface area contributed by atoms with Gasteiger partial charge in [0.25, 0.3) is 0 Å². The van der Waals surface area contributed by atoms with Gasteiger partial charge in [0.15, 0.2) is 0 Å². The highest BCUT2D eigenvalue weighted by Crippen LogP contribution is 2.28. The molecule has 0 aliphatic heterocycles. The van der Waals surface area contributed by atoms with Crippen LogP contribution in [0.3, 0.4) is 0 Å². The van der Waals surface area contributed by atoms with Crippen LogP contribution in [0.5, 0.6) is 0 Å². The molecule has 0 saturated carbocycles. The maximum absolute atomic E-state index is 10.7. The van der Waals surface area contributed by atoms with Gasteiger partial charge in [0.2, 0.25) is 0 Å². The first-order valence-corrected chi connectivity index (χ1v) is 15.8. The van der Waals surface area contributed by atoms with Crippen molar-refractivity contribution in [2.75, 3.05) is 0 Å². The summed E-state index contributed by atoms with van der Waals surface area (Å²) in [6.07, 6.45) is 7.63. The number of aryl methyl sites for hydroxylation is 2. The lowest BCUT2D eigenvalue weighted by Gasteiger charge is -2.11. The molecule has 0 bridgehead atoms. The van der Waals surface area contributed by atoms with E-state index in [9.17, 15) is 5.11 Å². The summed E-state index contributed by atoms with van der Waals surface area (Å²) in [7, 11) is 3.92. The Morgan fingerprint density at radius 1 is 0.556 bits per heavy atom. The van der Waals surface area contributed by atoms with Gasteiger partial charge in [-0.2, -0.15) is 10.2 Å². The standard InChI is InChI=1S/C23H20N2O.C16H13IN2/c1-25-22-16-19(23(26)18-10-6-3-7-11-18)13-14-20(22)21(24-25)15-12-17-8-4-2-5-9-17;1-19-16-11-13(17)8-9-14(16)15(18-19)10-7-12-5-3-2-4-6-12/h2-16,23,26H,1H3;2-11H,1H3/b15-12+;10-7+. The monoisotopic (exact) mass is 700 g/mol. The predicted molar refractivity (Wildman–Crippen MR) is 195 cm³/mol. The third kappa shape index (κ3) is 7.14. The van der Waals surface area contributed by atoms with Crippen LogP contribution in [0.15, 0.2) is 127 Å². The molecule has 2 aromatic heterocycles. The van der Waals surface area contributed by atoms with E-state index in [4.69, 9.17) is 0 Å². The molecule has 1 unspecified atom stereocenters. The number of rotatable bonds is 6. The Morgan fingerprint density at radius 2 is 1.02 bits per heavy atom. The molecule has 2 heterocycles. The number of hydrogen-bond acceptors (Lipinski definition) is 3. The lowest BCUT2D eigenvalue weighted by Crippen LogP contribution is -1.99. The van der Waals surface area contributed by atoms with Crippen LogP contribution < -0.4 is 0 Å². The van der Waals surface area contributed by atoms with Gasteiger partial charge in [-0.15, -0.1) is 0 Å². The normalized spacial score (nSPS) is 12.2. The minimum atomic E-state index is -0.640. The fourth-order valence-electron chi connectivity index (χ4n) is 5.28. The highest BCUT2D eigenvalue weighted by atomic mass is 127. The molecular formula is C39H33IN4O. The maximum atomic E-state index is 10.7. The number of aliphatic hydroxyl groups excluding tert-OH is 1. The molecule has 5 nitrogen and oxygen atoms in total. The fourth-order valence-corrected chi connectivity index (χ4v) is 5.76. The molecule has 0 spiro atoms. The Bertz CT molecular complexity index is 2100. The van der Waals surface area contributed by atoms with Crippen molar-refractivity contribution in [2.45, 2.75) is 6.10 Å². The number of nitrogens with zero attached hydrogens (tertiary/aromatic N) is 4. The highest BCUT2D eigenvalue weighted by molar-refractivity contribution is 14.1. The molecule has 6 heteroatoms. The van der Waals surface area contributed by atoms with Crippen molar-refractivity contribution in [3.8, 4) is 0 Å². The molecule has 7 aromatic rings. The fraction of sp³-hybridized carbons (Fsp3) is 0.0769. The third-order valence-electron chi connectivity index (χ3n) is 7.64. The Labute approximate surface area is 276 Å². The van der Waals surface area contributed by atoms with Crippen molar-refractivity contribution < 1.29 is 5.11 Å². The Balaban J connectivity index is 0.000000167. The first-order valence-electron chi connectivity index (χ1n) is 14.7. The summed E-state index contributed by atoms with van der Waals surface area (Å²) in [6, 6.07) is 42.6. The zero-order valence-corrected chi connectivity index (χ0v) is 27.3. The minimum absolute atomic E-state index is 0.640. The van der Waals surface area contributed by atoms with E-state index >= 15 is 0 Å². The van der Waals surface area contributed by atoms with E-state index in [0.29, 0.717) is 0 Å². The first kappa shape index (κ1) is 30.2. The maximum Gasteiger partial charge on any atom is 0.104 e. The van der Waals surface area contributed by atoms with Crippen LogP contribution in [-0.2, 0) is 14.1 Å². The molecule has 5 aromatic carbocycles. The average molecular weight is 701 g/mol. The molecular weight excluding hydrogens is 667 g/mol. The van der Waals surface area contributed by atoms with Crippen molar-refractivity contribution in [1.29, 1.82) is 0 Å². The number of halogens is 1. The Hall–Kier alpha value is -4.79. The van der Waals surface area contributed by atoms with Gasteiger partial charge in [0.05, 0.1) is 22.4 Å². The second kappa shape index (κ2) is 13.9. The van der Waals surface area contributed by atoms with E-state index in [1.165, 1.54) is 20.0 Å². The zero-order chi connectivity index (χ0) is 31.2. The van der Waals surface area contributed by atoms with Crippen LogP contribution in [0.2, 0.25) is 0 Å². The summed E-state index contributed by atoms with van der Waals surface area (Å²) >= 11 is 2.33. The summed E-state index contributed by atoms with van der Waals surface area (Å²) in [5, 5.41) is 22.1. The lowest BCUT2D eigenvalue weighted by molar-refractivity contribution is 0.220. The quantitative estimate of drug-likeness (QED) is 0.176. The van der Waals surface area contributed by atoms with E-state index in [0.717, 1.165) is 39.0 Å². The van der Waals surface area contributed by atoms with Gasteiger partial charge < -0.3 is 5.11 Å². The molecule has 0 radical (unpaired) electrons. The van der Waals surface area contributed by atoms with Crippen LogP contribution in [0.4, 0.5) is 0 Å². The van der Waals surface area contributed by atoms with Crippen LogP contribution in [-0.4, -0.2) is 24.7 Å². The predicted octanol–water partition coefficient (Wildman–Crippen LogP) is 9.17. The number of fused-ring (bicyclic) bond motifs is 2. The van der Waals surface area contributed by atoms with Gasteiger partial charge in [-0.05, 0) is 81.3 Å². The van der Waals surface area contributed by atoms with Crippen LogP contribution in [0.1, 0.15) is 39.7 Å². The van der Waals surface area contributed by atoms with Gasteiger partial charge in [0, 0.05) is 28.4 Å². The zero-order valence-electron chi connectivity index (χ0n) is 25.1. The summed E-state index contributed by atoms with van der Waals surface area (Å²) in [4.78, 5) is 0. The van der Waals surface area contributed by atoms with Crippen molar-refractivity contribution >= 4 is 68.7 Å². The molecule has 0 saturated heterocycles. The molecule has 1 N–H and O–H groups in total. The summed E-state index contributed by atoms with van der Waals surface area (Å²) < 4.78 is 5.02. The second-order valence-electron chi connectivity index (χ2n) is 10.8. The second-order valence-corrected chi connectivity index (χ2v) is 12.0. The largest absolute Gasteiger partial charge is 0.384 e. The molecule has 7 rings (SSSR count). The van der Waals surface area contributed by atoms with Crippen molar-refractivity contribution in [1.82, 2.24) is 19.6 Å². The summed E-state index contributed by atoms with van der Waals surface area (Å²) in [5.41, 5.74) is 8.19. The summed E-state index contributed by atoms with van der Waals surface area (Å²) in [5.74, 6) is 0. The van der Waals surface area contributed by atoms with Gasteiger partial charge in [-0.25, -0.2) is 0 Å². The number of aliphatic hydroxyl groups is 1. The van der Waals surface area contributed by atoms with Crippen molar-refractivity contribution in [2.24, 2.45) is 14.1 Å². The van der Waals surface area contributed by atoms with Crippen molar-refractivity contribution in [3.05, 3.63) is 165 Å². The van der Waals surface area contributed by atoms with E-state index < -0.39 is 6.10 Å². The SMILES string of the molecule is Cn1nc(/C=C/c2ccccc2)c2ccc(C(O)c3ccccc3)cc21.Cn1nc(/C=C/c2ccccc2)c2ccc(I)cc21. The Morgan fingerprint density at radius 3 is 1.56 bits per heavy atom. The smallest absolute Gasteiger partial charge is 0.104 e. The van der Waals surface area contributed by atoms with Gasteiger partial charge in [-0.3, -0.25) is 9.36 Å². The van der Waals surface area contributed by atoms with Gasteiger partial charge >= 0.3 is 0 Å². The first-order chi connectivity index (χ1) is 22.0. The third-order valence-corrected chi connectivity index (χ3v) is 8.31. The minimum Gasteiger partial charge on any atom is -0.384 e. The topological polar surface area (TPSA) is 55.9 Å². The van der Waals surface area contributed by atoms with E-state index in [2.05, 4.69) is 93.5 Å². The van der Waals surface area contributed by atoms with E-state index in [-0.39, 0.29) is 0 Å². The molecule has 0 aliphatic carbocycles. The molecule has 1 atom stereocenters.